The molecule has 0 bridgehead atoms. The van der Waals surface area contributed by atoms with Gasteiger partial charge in [0.1, 0.15) is 11.9 Å². The van der Waals surface area contributed by atoms with Crippen LogP contribution in [0.2, 0.25) is 0 Å². The highest BCUT2D eigenvalue weighted by atomic mass is 16.1. The van der Waals surface area contributed by atoms with Crippen LogP contribution in [0.25, 0.3) is 0 Å². The van der Waals surface area contributed by atoms with Gasteiger partial charge in [-0.1, -0.05) is 30.3 Å². The summed E-state index contributed by atoms with van der Waals surface area (Å²) in [6.07, 6.45) is 4.63. The van der Waals surface area contributed by atoms with E-state index in [1.54, 1.807) is 6.20 Å². The fourth-order valence-corrected chi connectivity index (χ4v) is 2.84. The Bertz CT molecular complexity index is 850. The normalized spacial score (nSPS) is 12.1. The molecule has 0 saturated heterocycles. The average molecular weight is 337 g/mol. The summed E-state index contributed by atoms with van der Waals surface area (Å²) in [6, 6.07) is 9.63. The lowest BCUT2D eigenvalue weighted by Gasteiger charge is -2.19. The number of nitrogens with zero attached hydrogens (tertiary/aromatic N) is 3. The number of carbonyl (C=O) groups excluding carboxylic acids is 1. The number of hydrogen-bond donors (Lipinski definition) is 2. The summed E-state index contributed by atoms with van der Waals surface area (Å²) in [5.74, 6) is 0.795. The van der Waals surface area contributed by atoms with Crippen LogP contribution in [0.3, 0.4) is 0 Å². The minimum absolute atomic E-state index is 0.0168. The van der Waals surface area contributed by atoms with Gasteiger partial charge in [0.2, 0.25) is 5.91 Å². The number of benzene rings is 1. The molecule has 0 aliphatic heterocycles. The minimum atomic E-state index is -0.268. The number of aromatic nitrogens is 4. The number of amides is 1. The van der Waals surface area contributed by atoms with Crippen LogP contribution in [0.15, 0.2) is 42.7 Å². The zero-order chi connectivity index (χ0) is 17.8. The van der Waals surface area contributed by atoms with E-state index in [0.717, 1.165) is 28.3 Å². The van der Waals surface area contributed by atoms with Crippen molar-refractivity contribution in [3.05, 3.63) is 71.1 Å². The molecule has 2 N–H and O–H groups in total. The Hall–Kier alpha value is -2.89. The third-order valence-electron chi connectivity index (χ3n) is 4.50. The summed E-state index contributed by atoms with van der Waals surface area (Å²) in [4.78, 5) is 17.0. The number of aryl methyl sites for hydroxylation is 3. The van der Waals surface area contributed by atoms with Crippen LogP contribution in [0, 0.1) is 13.8 Å². The molecule has 0 radical (unpaired) electrons. The molecule has 0 unspecified atom stereocenters. The van der Waals surface area contributed by atoms with Crippen molar-refractivity contribution in [1.29, 1.82) is 0 Å². The molecule has 0 fully saturated rings. The van der Waals surface area contributed by atoms with Crippen molar-refractivity contribution in [3.63, 3.8) is 0 Å². The number of carbonyl (C=O) groups is 1. The summed E-state index contributed by atoms with van der Waals surface area (Å²) < 4.78 is 1.93. The number of imidazole rings is 1. The van der Waals surface area contributed by atoms with Crippen molar-refractivity contribution in [2.45, 2.75) is 32.7 Å². The molecule has 130 valence electrons. The SMILES string of the molecule is Cc1[nH]nc(CCC(=O)N[C@H](c2ccccc2)c2nccn2C)c1C. The van der Waals surface area contributed by atoms with Gasteiger partial charge in [0.15, 0.2) is 0 Å². The molecular weight excluding hydrogens is 314 g/mol. The second kappa shape index (κ2) is 7.34. The summed E-state index contributed by atoms with van der Waals surface area (Å²) in [6.45, 7) is 4.01. The first-order valence-electron chi connectivity index (χ1n) is 8.38. The number of nitrogens with one attached hydrogen (secondary N) is 2. The third kappa shape index (κ3) is 3.79. The lowest BCUT2D eigenvalue weighted by Crippen LogP contribution is -2.31. The molecule has 1 atom stereocenters. The van der Waals surface area contributed by atoms with E-state index in [1.165, 1.54) is 0 Å². The largest absolute Gasteiger partial charge is 0.342 e. The summed E-state index contributed by atoms with van der Waals surface area (Å²) >= 11 is 0. The molecule has 0 saturated carbocycles. The maximum atomic E-state index is 12.5. The molecule has 6 nitrogen and oxygen atoms in total. The first kappa shape index (κ1) is 17.0. The smallest absolute Gasteiger partial charge is 0.221 e. The van der Waals surface area contributed by atoms with Gasteiger partial charge < -0.3 is 9.88 Å². The summed E-state index contributed by atoms with van der Waals surface area (Å²) in [5, 5.41) is 10.3. The number of aromatic amines is 1. The summed E-state index contributed by atoms with van der Waals surface area (Å²) in [5.41, 5.74) is 4.12. The molecule has 25 heavy (non-hydrogen) atoms. The predicted molar refractivity (Wildman–Crippen MR) is 96.0 cm³/mol. The van der Waals surface area contributed by atoms with E-state index in [2.05, 4.69) is 20.5 Å². The monoisotopic (exact) mass is 337 g/mol. The van der Waals surface area contributed by atoms with E-state index in [1.807, 2.05) is 62.0 Å². The van der Waals surface area contributed by atoms with E-state index in [0.29, 0.717) is 12.8 Å². The number of H-pyrrole nitrogens is 1. The third-order valence-corrected chi connectivity index (χ3v) is 4.50. The van der Waals surface area contributed by atoms with Gasteiger partial charge >= 0.3 is 0 Å². The van der Waals surface area contributed by atoms with Gasteiger partial charge in [0, 0.05) is 38.0 Å². The van der Waals surface area contributed by atoms with Gasteiger partial charge in [-0.05, 0) is 25.0 Å². The molecule has 1 aromatic carbocycles. The highest BCUT2D eigenvalue weighted by Gasteiger charge is 2.20. The highest BCUT2D eigenvalue weighted by Crippen LogP contribution is 2.20. The van der Waals surface area contributed by atoms with Gasteiger partial charge in [-0.25, -0.2) is 4.98 Å². The molecule has 0 spiro atoms. The predicted octanol–water partition coefficient (Wildman–Crippen LogP) is 2.60. The van der Waals surface area contributed by atoms with E-state index in [4.69, 9.17) is 0 Å². The molecule has 3 aromatic rings. The van der Waals surface area contributed by atoms with E-state index >= 15 is 0 Å². The van der Waals surface area contributed by atoms with Crippen molar-refractivity contribution in [1.82, 2.24) is 25.1 Å². The van der Waals surface area contributed by atoms with E-state index in [9.17, 15) is 4.79 Å². The van der Waals surface area contributed by atoms with Crippen LogP contribution < -0.4 is 5.32 Å². The first-order valence-corrected chi connectivity index (χ1v) is 8.38. The van der Waals surface area contributed by atoms with Crippen molar-refractivity contribution in [2.75, 3.05) is 0 Å². The Kier molecular flexibility index (Phi) is 4.97. The van der Waals surface area contributed by atoms with Crippen LogP contribution in [-0.4, -0.2) is 25.7 Å². The van der Waals surface area contributed by atoms with Gasteiger partial charge in [-0.3, -0.25) is 9.89 Å². The van der Waals surface area contributed by atoms with Gasteiger partial charge in [-0.15, -0.1) is 0 Å². The Morgan fingerprint density at radius 1 is 1.28 bits per heavy atom. The van der Waals surface area contributed by atoms with Crippen molar-refractivity contribution in [3.8, 4) is 0 Å². The molecule has 0 aliphatic carbocycles. The molecule has 6 heteroatoms. The Labute approximate surface area is 147 Å². The first-order chi connectivity index (χ1) is 12.1. The lowest BCUT2D eigenvalue weighted by molar-refractivity contribution is -0.121. The van der Waals surface area contributed by atoms with Crippen molar-refractivity contribution in [2.24, 2.45) is 7.05 Å². The van der Waals surface area contributed by atoms with Gasteiger partial charge in [0.25, 0.3) is 0 Å². The molecular formula is C19H23N5O. The molecule has 2 heterocycles. The van der Waals surface area contributed by atoms with Crippen LogP contribution in [0.5, 0.6) is 0 Å². The molecule has 3 rings (SSSR count). The maximum Gasteiger partial charge on any atom is 0.221 e. The molecule has 2 aromatic heterocycles. The highest BCUT2D eigenvalue weighted by molar-refractivity contribution is 5.77. The summed E-state index contributed by atoms with van der Waals surface area (Å²) in [7, 11) is 1.93. The lowest BCUT2D eigenvalue weighted by atomic mass is 10.1. The zero-order valence-corrected chi connectivity index (χ0v) is 14.8. The van der Waals surface area contributed by atoms with Crippen LogP contribution in [0.1, 0.15) is 40.8 Å². The second-order valence-corrected chi connectivity index (χ2v) is 6.23. The van der Waals surface area contributed by atoms with Crippen LogP contribution in [0.4, 0.5) is 0 Å². The van der Waals surface area contributed by atoms with Crippen LogP contribution in [-0.2, 0) is 18.3 Å². The quantitative estimate of drug-likeness (QED) is 0.726. The fraction of sp³-hybridized carbons (Fsp3) is 0.316. The minimum Gasteiger partial charge on any atom is -0.342 e. The second-order valence-electron chi connectivity index (χ2n) is 6.23. The van der Waals surface area contributed by atoms with E-state index in [-0.39, 0.29) is 11.9 Å². The molecule has 0 aliphatic rings. The Balaban J connectivity index is 1.73. The topological polar surface area (TPSA) is 75.6 Å². The van der Waals surface area contributed by atoms with Crippen molar-refractivity contribution >= 4 is 5.91 Å². The van der Waals surface area contributed by atoms with Crippen molar-refractivity contribution < 1.29 is 4.79 Å². The molecule has 1 amide bonds. The number of hydrogen-bond acceptors (Lipinski definition) is 3. The number of rotatable bonds is 6. The van der Waals surface area contributed by atoms with Crippen LogP contribution >= 0.6 is 0 Å². The zero-order valence-electron chi connectivity index (χ0n) is 14.8. The van der Waals surface area contributed by atoms with Gasteiger partial charge in [0.05, 0.1) is 5.69 Å². The van der Waals surface area contributed by atoms with E-state index < -0.39 is 0 Å². The maximum absolute atomic E-state index is 12.5. The average Bonchev–Trinajstić information content (AvgIpc) is 3.18. The Morgan fingerprint density at radius 3 is 2.64 bits per heavy atom. The Morgan fingerprint density at radius 2 is 2.04 bits per heavy atom. The standard InChI is InChI=1S/C19H23N5O/c1-13-14(2)22-23-16(13)9-10-17(25)21-18(15-7-5-4-6-8-15)19-20-11-12-24(19)3/h4-8,11-12,18H,9-10H2,1-3H3,(H,21,25)(H,22,23)/t18-/m1/s1. The van der Waals surface area contributed by atoms with Gasteiger partial charge in [-0.2, -0.15) is 5.10 Å². The fourth-order valence-electron chi connectivity index (χ4n) is 2.84.